The van der Waals surface area contributed by atoms with Gasteiger partial charge in [0.05, 0.1) is 10.6 Å². The predicted octanol–water partition coefficient (Wildman–Crippen LogP) is 5.41. The van der Waals surface area contributed by atoms with Gasteiger partial charge in [0.25, 0.3) is 0 Å². The highest BCUT2D eigenvalue weighted by molar-refractivity contribution is 9.10. The van der Waals surface area contributed by atoms with Crippen molar-refractivity contribution in [2.75, 3.05) is 5.32 Å². The van der Waals surface area contributed by atoms with E-state index >= 15 is 0 Å². The largest absolute Gasteiger partial charge is 0.349 e. The third kappa shape index (κ3) is 3.18. The summed E-state index contributed by atoms with van der Waals surface area (Å²) in [6.07, 6.45) is 0. The lowest BCUT2D eigenvalue weighted by molar-refractivity contribution is -0.383. The fourth-order valence-electron chi connectivity index (χ4n) is 1.54. The van der Waals surface area contributed by atoms with E-state index in [1.165, 1.54) is 6.07 Å². The maximum atomic E-state index is 11.0. The minimum atomic E-state index is -0.519. The molecule has 2 aromatic carbocycles. The molecule has 0 saturated heterocycles. The maximum absolute atomic E-state index is 11.0. The number of nitro groups is 1. The first-order valence-electron chi connectivity index (χ1n) is 5.14. The quantitative estimate of drug-likeness (QED) is 0.587. The van der Waals surface area contributed by atoms with Gasteiger partial charge in [0, 0.05) is 9.50 Å². The van der Waals surface area contributed by atoms with Gasteiger partial charge in [0.15, 0.2) is 0 Å². The van der Waals surface area contributed by atoms with E-state index in [0.29, 0.717) is 20.9 Å². The zero-order valence-electron chi connectivity index (χ0n) is 9.36. The van der Waals surface area contributed by atoms with E-state index in [1.54, 1.807) is 30.3 Å². The molecule has 0 aliphatic rings. The lowest BCUT2D eigenvalue weighted by Gasteiger charge is -2.09. The molecular formula is C12H7BrCl2N2O2. The number of rotatable bonds is 3. The Bertz CT molecular complexity index is 650. The molecule has 0 spiro atoms. The van der Waals surface area contributed by atoms with E-state index in [4.69, 9.17) is 23.2 Å². The Labute approximate surface area is 127 Å². The normalized spacial score (nSPS) is 10.3. The molecule has 0 aromatic heterocycles. The zero-order chi connectivity index (χ0) is 14.0. The molecule has 19 heavy (non-hydrogen) atoms. The van der Waals surface area contributed by atoms with Crippen LogP contribution >= 0.6 is 39.1 Å². The molecule has 0 amide bonds. The standard InChI is InChI=1S/C12H7BrCl2N2O2/c13-8-6-7(14)4-5-10(8)16-11-3-1-2-9(15)12(11)17(18)19/h1-6,16H. The van der Waals surface area contributed by atoms with Crippen LogP contribution in [0.1, 0.15) is 0 Å². The molecule has 2 rings (SSSR count). The van der Waals surface area contributed by atoms with Crippen molar-refractivity contribution in [2.45, 2.75) is 0 Å². The molecule has 4 nitrogen and oxygen atoms in total. The van der Waals surface area contributed by atoms with Crippen LogP contribution in [0.15, 0.2) is 40.9 Å². The van der Waals surface area contributed by atoms with Gasteiger partial charge in [-0.2, -0.15) is 0 Å². The molecule has 98 valence electrons. The van der Waals surface area contributed by atoms with Gasteiger partial charge in [-0.1, -0.05) is 29.3 Å². The van der Waals surface area contributed by atoms with Crippen molar-refractivity contribution in [2.24, 2.45) is 0 Å². The Hall–Kier alpha value is -1.30. The summed E-state index contributed by atoms with van der Waals surface area (Å²) >= 11 is 15.0. The highest BCUT2D eigenvalue weighted by Gasteiger charge is 2.18. The molecule has 2 aromatic rings. The van der Waals surface area contributed by atoms with Crippen LogP contribution in [0.25, 0.3) is 0 Å². The fraction of sp³-hybridized carbons (Fsp3) is 0. The molecular weight excluding hydrogens is 355 g/mol. The van der Waals surface area contributed by atoms with E-state index in [2.05, 4.69) is 21.2 Å². The average Bonchev–Trinajstić information content (AvgIpc) is 2.32. The van der Waals surface area contributed by atoms with Crippen LogP contribution < -0.4 is 5.32 Å². The third-order valence-electron chi connectivity index (χ3n) is 2.37. The van der Waals surface area contributed by atoms with Gasteiger partial charge in [-0.3, -0.25) is 10.1 Å². The highest BCUT2D eigenvalue weighted by atomic mass is 79.9. The van der Waals surface area contributed by atoms with Crippen LogP contribution in [0.2, 0.25) is 10.0 Å². The second-order valence-electron chi connectivity index (χ2n) is 3.64. The van der Waals surface area contributed by atoms with E-state index in [0.717, 1.165) is 0 Å². The second-order valence-corrected chi connectivity index (χ2v) is 5.34. The SMILES string of the molecule is O=[N+]([O-])c1c(Cl)cccc1Nc1ccc(Cl)cc1Br. The predicted molar refractivity (Wildman–Crippen MR) is 80.5 cm³/mol. The maximum Gasteiger partial charge on any atom is 0.311 e. The monoisotopic (exact) mass is 360 g/mol. The number of nitrogens with one attached hydrogen (secondary N) is 1. The third-order valence-corrected chi connectivity index (χ3v) is 3.57. The van der Waals surface area contributed by atoms with Crippen LogP contribution in [0, 0.1) is 10.1 Å². The lowest BCUT2D eigenvalue weighted by atomic mass is 10.2. The molecule has 1 N–H and O–H groups in total. The Balaban J connectivity index is 2.44. The molecule has 0 fully saturated rings. The first-order valence-corrected chi connectivity index (χ1v) is 6.69. The van der Waals surface area contributed by atoms with Crippen molar-refractivity contribution in [1.82, 2.24) is 0 Å². The Morgan fingerprint density at radius 2 is 1.89 bits per heavy atom. The van der Waals surface area contributed by atoms with Gasteiger partial charge >= 0.3 is 5.69 Å². The number of nitro benzene ring substituents is 1. The summed E-state index contributed by atoms with van der Waals surface area (Å²) in [7, 11) is 0. The lowest BCUT2D eigenvalue weighted by Crippen LogP contribution is -1.98. The van der Waals surface area contributed by atoms with Crippen LogP contribution in [0.5, 0.6) is 0 Å². The summed E-state index contributed by atoms with van der Waals surface area (Å²) in [6.45, 7) is 0. The summed E-state index contributed by atoms with van der Waals surface area (Å²) in [5.74, 6) is 0. The number of hydrogen-bond donors (Lipinski definition) is 1. The Morgan fingerprint density at radius 1 is 1.16 bits per heavy atom. The van der Waals surface area contributed by atoms with E-state index < -0.39 is 4.92 Å². The summed E-state index contributed by atoms with van der Waals surface area (Å²) in [6, 6.07) is 9.80. The van der Waals surface area contributed by atoms with Crippen LogP contribution in [0.4, 0.5) is 17.1 Å². The summed E-state index contributed by atoms with van der Waals surface area (Å²) in [5, 5.41) is 14.6. The summed E-state index contributed by atoms with van der Waals surface area (Å²) in [4.78, 5) is 10.5. The number of benzene rings is 2. The molecule has 0 atom stereocenters. The topological polar surface area (TPSA) is 55.2 Å². The van der Waals surface area contributed by atoms with Crippen molar-refractivity contribution >= 4 is 56.2 Å². The van der Waals surface area contributed by atoms with Crippen molar-refractivity contribution in [3.63, 3.8) is 0 Å². The molecule has 0 radical (unpaired) electrons. The summed E-state index contributed by atoms with van der Waals surface area (Å²) < 4.78 is 0.703. The van der Waals surface area contributed by atoms with Crippen molar-refractivity contribution in [1.29, 1.82) is 0 Å². The number of nitrogens with zero attached hydrogens (tertiary/aromatic N) is 1. The molecule has 0 unspecified atom stereocenters. The second kappa shape index (κ2) is 5.77. The van der Waals surface area contributed by atoms with Crippen molar-refractivity contribution < 1.29 is 4.92 Å². The molecule has 0 aliphatic carbocycles. The van der Waals surface area contributed by atoms with Gasteiger partial charge < -0.3 is 5.32 Å². The van der Waals surface area contributed by atoms with Gasteiger partial charge in [0.1, 0.15) is 10.7 Å². The smallest absolute Gasteiger partial charge is 0.311 e. The minimum absolute atomic E-state index is 0.0834. The first-order chi connectivity index (χ1) is 8.99. The zero-order valence-corrected chi connectivity index (χ0v) is 12.5. The van der Waals surface area contributed by atoms with Gasteiger partial charge in [0.2, 0.25) is 0 Å². The van der Waals surface area contributed by atoms with Crippen LogP contribution in [0.3, 0.4) is 0 Å². The van der Waals surface area contributed by atoms with E-state index in [9.17, 15) is 10.1 Å². The average molecular weight is 362 g/mol. The Kier molecular flexibility index (Phi) is 4.29. The molecule has 7 heteroatoms. The minimum Gasteiger partial charge on any atom is -0.349 e. The fourth-order valence-corrected chi connectivity index (χ4v) is 2.56. The van der Waals surface area contributed by atoms with Crippen LogP contribution in [-0.4, -0.2) is 4.92 Å². The van der Waals surface area contributed by atoms with E-state index in [1.807, 2.05) is 0 Å². The number of halogens is 3. The first kappa shape index (κ1) is 14.1. The molecule has 0 saturated carbocycles. The molecule has 0 aliphatic heterocycles. The summed E-state index contributed by atoms with van der Waals surface area (Å²) in [5.41, 5.74) is 0.821. The highest BCUT2D eigenvalue weighted by Crippen LogP contribution is 2.36. The van der Waals surface area contributed by atoms with Gasteiger partial charge in [-0.15, -0.1) is 0 Å². The number of hydrogen-bond acceptors (Lipinski definition) is 3. The van der Waals surface area contributed by atoms with Crippen LogP contribution in [-0.2, 0) is 0 Å². The molecule has 0 bridgehead atoms. The van der Waals surface area contributed by atoms with Gasteiger partial charge in [-0.05, 0) is 46.3 Å². The van der Waals surface area contributed by atoms with Crippen molar-refractivity contribution in [3.8, 4) is 0 Å². The van der Waals surface area contributed by atoms with E-state index in [-0.39, 0.29) is 10.7 Å². The number of para-hydroxylation sites is 1. The Morgan fingerprint density at radius 3 is 2.53 bits per heavy atom. The molecule has 0 heterocycles. The van der Waals surface area contributed by atoms with Crippen molar-refractivity contribution in [3.05, 3.63) is 61.0 Å². The van der Waals surface area contributed by atoms with Gasteiger partial charge in [-0.25, -0.2) is 0 Å². The number of anilines is 2.